The number of carbonyl (C=O) groups is 1. The van der Waals surface area contributed by atoms with Crippen molar-refractivity contribution in [3.63, 3.8) is 0 Å². The van der Waals surface area contributed by atoms with Gasteiger partial charge in [0, 0.05) is 21.8 Å². The van der Waals surface area contributed by atoms with Crippen LogP contribution in [0.3, 0.4) is 0 Å². The molecule has 0 saturated carbocycles. The van der Waals surface area contributed by atoms with E-state index in [9.17, 15) is 4.79 Å². The topological polar surface area (TPSA) is 44.4 Å². The lowest BCUT2D eigenvalue weighted by Gasteiger charge is -2.35. The first-order chi connectivity index (χ1) is 9.60. The van der Waals surface area contributed by atoms with Crippen LogP contribution in [0, 0.1) is 3.57 Å². The summed E-state index contributed by atoms with van der Waals surface area (Å²) < 4.78 is 1.17. The van der Waals surface area contributed by atoms with Crippen LogP contribution >= 0.6 is 35.0 Å². The lowest BCUT2D eigenvalue weighted by atomic mass is 10.0. The minimum Gasteiger partial charge on any atom is -0.325 e. The second kappa shape index (κ2) is 8.92. The van der Waals surface area contributed by atoms with Gasteiger partial charge in [0.05, 0.1) is 6.04 Å². The molecule has 21 heavy (non-hydrogen) atoms. The molecule has 2 unspecified atom stereocenters. The van der Waals surface area contributed by atoms with Crippen LogP contribution in [0.15, 0.2) is 24.3 Å². The van der Waals surface area contributed by atoms with Crippen molar-refractivity contribution in [1.29, 1.82) is 0 Å². The van der Waals surface area contributed by atoms with E-state index in [0.717, 1.165) is 25.2 Å². The average molecular weight is 424 g/mol. The summed E-state index contributed by atoms with van der Waals surface area (Å²) in [6.07, 6.45) is 2.34. The fraction of sp³-hybridized carbons (Fsp3) is 0.533. The molecule has 2 rings (SSSR count). The van der Waals surface area contributed by atoms with Gasteiger partial charge in [-0.2, -0.15) is 0 Å². The molecule has 6 heteroatoms. The third-order valence-electron chi connectivity index (χ3n) is 3.90. The van der Waals surface area contributed by atoms with Gasteiger partial charge in [-0.25, -0.2) is 0 Å². The van der Waals surface area contributed by atoms with Crippen molar-refractivity contribution in [1.82, 2.24) is 10.2 Å². The van der Waals surface area contributed by atoms with Gasteiger partial charge in [-0.3, -0.25) is 9.69 Å². The van der Waals surface area contributed by atoms with Gasteiger partial charge in [0.2, 0.25) is 5.91 Å². The SMILES string of the molecule is CNC1CCCN(C(C)C(=O)Nc2ccc(I)cc2)C1.Cl. The van der Waals surface area contributed by atoms with Crippen molar-refractivity contribution in [2.75, 3.05) is 25.5 Å². The lowest BCUT2D eigenvalue weighted by Crippen LogP contribution is -2.51. The molecule has 0 aromatic heterocycles. The van der Waals surface area contributed by atoms with E-state index in [1.807, 2.05) is 38.2 Å². The van der Waals surface area contributed by atoms with E-state index in [1.165, 1.54) is 9.99 Å². The summed E-state index contributed by atoms with van der Waals surface area (Å²) in [6.45, 7) is 3.93. The quantitative estimate of drug-likeness (QED) is 0.732. The zero-order valence-electron chi connectivity index (χ0n) is 12.4. The first kappa shape index (κ1) is 18.7. The molecule has 2 atom stereocenters. The predicted octanol–water partition coefficient (Wildman–Crippen LogP) is 2.72. The van der Waals surface area contributed by atoms with E-state index in [0.29, 0.717) is 6.04 Å². The van der Waals surface area contributed by atoms with Crippen LogP contribution < -0.4 is 10.6 Å². The minimum atomic E-state index is -0.0922. The van der Waals surface area contributed by atoms with Gasteiger partial charge in [0.25, 0.3) is 0 Å². The maximum Gasteiger partial charge on any atom is 0.241 e. The highest BCUT2D eigenvalue weighted by Crippen LogP contribution is 2.15. The lowest BCUT2D eigenvalue weighted by molar-refractivity contribution is -0.121. The largest absolute Gasteiger partial charge is 0.325 e. The molecule has 1 aromatic carbocycles. The Hall–Kier alpha value is -0.370. The molecule has 1 saturated heterocycles. The number of hydrogen-bond acceptors (Lipinski definition) is 3. The second-order valence-electron chi connectivity index (χ2n) is 5.29. The van der Waals surface area contributed by atoms with Gasteiger partial charge in [-0.15, -0.1) is 12.4 Å². The Labute approximate surface area is 146 Å². The third-order valence-corrected chi connectivity index (χ3v) is 4.62. The van der Waals surface area contributed by atoms with Gasteiger partial charge < -0.3 is 10.6 Å². The molecular formula is C15H23ClIN3O. The standard InChI is InChI=1S/C15H22IN3O.ClH/c1-11(19-9-3-4-14(10-19)17-2)15(20)18-13-7-5-12(16)6-8-13;/h5-8,11,14,17H,3-4,9-10H2,1-2H3,(H,18,20);1H. The molecule has 0 radical (unpaired) electrons. The fourth-order valence-corrected chi connectivity index (χ4v) is 2.90. The number of piperidine rings is 1. The van der Waals surface area contributed by atoms with E-state index in [-0.39, 0.29) is 24.4 Å². The molecule has 1 amide bonds. The number of likely N-dealkylation sites (N-methyl/N-ethyl adjacent to an activating group) is 1. The number of carbonyl (C=O) groups excluding carboxylic acids is 1. The zero-order valence-corrected chi connectivity index (χ0v) is 15.4. The third kappa shape index (κ3) is 5.39. The number of anilines is 1. The van der Waals surface area contributed by atoms with E-state index in [4.69, 9.17) is 0 Å². The summed E-state index contributed by atoms with van der Waals surface area (Å²) in [7, 11) is 1.99. The summed E-state index contributed by atoms with van der Waals surface area (Å²) in [5.74, 6) is 0.0722. The molecule has 118 valence electrons. The summed E-state index contributed by atoms with van der Waals surface area (Å²) in [6, 6.07) is 8.29. The first-order valence-electron chi connectivity index (χ1n) is 7.08. The Balaban J connectivity index is 0.00000220. The fourth-order valence-electron chi connectivity index (χ4n) is 2.54. The maximum absolute atomic E-state index is 12.3. The maximum atomic E-state index is 12.3. The van der Waals surface area contributed by atoms with Gasteiger partial charge in [-0.1, -0.05) is 0 Å². The highest BCUT2D eigenvalue weighted by molar-refractivity contribution is 14.1. The molecule has 1 fully saturated rings. The normalized spacial score (nSPS) is 20.4. The van der Waals surface area contributed by atoms with Gasteiger partial charge >= 0.3 is 0 Å². The Morgan fingerprint density at radius 1 is 1.38 bits per heavy atom. The highest BCUT2D eigenvalue weighted by atomic mass is 127. The van der Waals surface area contributed by atoms with Crippen LogP contribution in [0.1, 0.15) is 19.8 Å². The molecule has 1 heterocycles. The number of benzene rings is 1. The van der Waals surface area contributed by atoms with Crippen LogP contribution in [0.4, 0.5) is 5.69 Å². The summed E-state index contributed by atoms with van der Waals surface area (Å²) in [5.41, 5.74) is 0.865. The molecule has 1 aliphatic rings. The van der Waals surface area contributed by atoms with Crippen LogP contribution in [-0.2, 0) is 4.79 Å². The van der Waals surface area contributed by atoms with E-state index in [1.54, 1.807) is 0 Å². The average Bonchev–Trinajstić information content (AvgIpc) is 2.48. The van der Waals surface area contributed by atoms with Gasteiger partial charge in [0.15, 0.2) is 0 Å². The zero-order chi connectivity index (χ0) is 14.5. The number of likely N-dealkylation sites (tertiary alicyclic amines) is 1. The Kier molecular flexibility index (Phi) is 7.94. The van der Waals surface area contributed by atoms with Crippen molar-refractivity contribution in [3.05, 3.63) is 27.8 Å². The molecule has 0 bridgehead atoms. The molecule has 0 spiro atoms. The number of rotatable bonds is 4. The van der Waals surface area contributed by atoms with Crippen molar-refractivity contribution in [2.45, 2.75) is 31.8 Å². The molecule has 1 aliphatic heterocycles. The molecule has 0 aliphatic carbocycles. The van der Waals surface area contributed by atoms with Crippen LogP contribution in [0.5, 0.6) is 0 Å². The van der Waals surface area contributed by atoms with Crippen LogP contribution in [-0.4, -0.2) is 43.0 Å². The summed E-state index contributed by atoms with van der Waals surface area (Å²) in [4.78, 5) is 14.6. The number of nitrogens with zero attached hydrogens (tertiary/aromatic N) is 1. The van der Waals surface area contributed by atoms with Crippen molar-refractivity contribution in [3.8, 4) is 0 Å². The van der Waals surface area contributed by atoms with Gasteiger partial charge in [-0.05, 0) is 80.2 Å². The van der Waals surface area contributed by atoms with Crippen molar-refractivity contribution in [2.24, 2.45) is 0 Å². The number of hydrogen-bond donors (Lipinski definition) is 2. The number of amides is 1. The van der Waals surface area contributed by atoms with E-state index in [2.05, 4.69) is 38.1 Å². The van der Waals surface area contributed by atoms with Crippen molar-refractivity contribution < 1.29 is 4.79 Å². The smallest absolute Gasteiger partial charge is 0.241 e. The number of nitrogens with one attached hydrogen (secondary N) is 2. The first-order valence-corrected chi connectivity index (χ1v) is 8.16. The Morgan fingerprint density at radius 2 is 2.05 bits per heavy atom. The van der Waals surface area contributed by atoms with Crippen LogP contribution in [0.25, 0.3) is 0 Å². The van der Waals surface area contributed by atoms with Gasteiger partial charge in [0.1, 0.15) is 0 Å². The van der Waals surface area contributed by atoms with E-state index < -0.39 is 0 Å². The molecule has 1 aromatic rings. The molecular weight excluding hydrogens is 401 g/mol. The monoisotopic (exact) mass is 423 g/mol. The number of halogens is 2. The Bertz CT molecular complexity index is 455. The summed E-state index contributed by atoms with van der Waals surface area (Å²) in [5, 5.41) is 6.30. The second-order valence-corrected chi connectivity index (χ2v) is 6.54. The molecule has 4 nitrogen and oxygen atoms in total. The van der Waals surface area contributed by atoms with Crippen LogP contribution in [0.2, 0.25) is 0 Å². The summed E-state index contributed by atoms with van der Waals surface area (Å²) >= 11 is 2.26. The van der Waals surface area contributed by atoms with E-state index >= 15 is 0 Å². The van der Waals surface area contributed by atoms with Crippen molar-refractivity contribution >= 4 is 46.6 Å². The highest BCUT2D eigenvalue weighted by Gasteiger charge is 2.26. The molecule has 2 N–H and O–H groups in total. The Morgan fingerprint density at radius 3 is 2.67 bits per heavy atom. The minimum absolute atomic E-state index is 0. The predicted molar refractivity (Wildman–Crippen MR) is 98.2 cm³/mol.